The van der Waals surface area contributed by atoms with Crippen LogP contribution in [0, 0.1) is 23.2 Å². The SMILES string of the molecule is C=Cc1ccc(OC(OC)C23CC4CC(CC(C4)C2)C3)cc1. The Balaban J connectivity index is 1.55. The van der Waals surface area contributed by atoms with Gasteiger partial charge in [-0.25, -0.2) is 0 Å². The number of benzene rings is 1. The Morgan fingerprint density at radius 2 is 1.59 bits per heavy atom. The van der Waals surface area contributed by atoms with Crippen molar-refractivity contribution in [2.75, 3.05) is 7.11 Å². The number of hydrogen-bond acceptors (Lipinski definition) is 2. The quantitative estimate of drug-likeness (QED) is 0.720. The normalized spacial score (nSPS) is 37.0. The summed E-state index contributed by atoms with van der Waals surface area (Å²) >= 11 is 0. The number of ether oxygens (including phenoxy) is 2. The van der Waals surface area contributed by atoms with Crippen molar-refractivity contribution in [3.63, 3.8) is 0 Å². The minimum atomic E-state index is -0.101. The van der Waals surface area contributed by atoms with Crippen LogP contribution in [-0.2, 0) is 4.74 Å². The molecule has 0 aromatic heterocycles. The van der Waals surface area contributed by atoms with E-state index in [0.29, 0.717) is 0 Å². The van der Waals surface area contributed by atoms with Crippen molar-refractivity contribution in [1.29, 1.82) is 0 Å². The molecule has 4 saturated carbocycles. The molecule has 4 fully saturated rings. The van der Waals surface area contributed by atoms with Crippen LogP contribution in [0.25, 0.3) is 6.08 Å². The second kappa shape index (κ2) is 5.42. The van der Waals surface area contributed by atoms with E-state index >= 15 is 0 Å². The van der Waals surface area contributed by atoms with E-state index < -0.39 is 0 Å². The van der Waals surface area contributed by atoms with Crippen LogP contribution in [0.1, 0.15) is 44.1 Å². The lowest BCUT2D eigenvalue weighted by atomic mass is 9.49. The van der Waals surface area contributed by atoms with Crippen molar-refractivity contribution in [1.82, 2.24) is 0 Å². The van der Waals surface area contributed by atoms with Crippen LogP contribution >= 0.6 is 0 Å². The maximum Gasteiger partial charge on any atom is 0.205 e. The zero-order valence-corrected chi connectivity index (χ0v) is 13.5. The van der Waals surface area contributed by atoms with E-state index in [1.54, 1.807) is 7.11 Å². The smallest absolute Gasteiger partial charge is 0.205 e. The zero-order valence-electron chi connectivity index (χ0n) is 13.5. The Hall–Kier alpha value is -1.28. The highest BCUT2D eigenvalue weighted by Crippen LogP contribution is 2.61. The van der Waals surface area contributed by atoms with Gasteiger partial charge in [0.05, 0.1) is 0 Å². The van der Waals surface area contributed by atoms with Gasteiger partial charge in [-0.2, -0.15) is 0 Å². The number of hydrogen-bond donors (Lipinski definition) is 0. The van der Waals surface area contributed by atoms with E-state index in [-0.39, 0.29) is 11.7 Å². The minimum Gasteiger partial charge on any atom is -0.464 e. The molecular formula is C20H26O2. The summed E-state index contributed by atoms with van der Waals surface area (Å²) in [6, 6.07) is 8.16. The maximum absolute atomic E-state index is 6.29. The highest BCUT2D eigenvalue weighted by molar-refractivity contribution is 5.48. The molecule has 118 valence electrons. The molecule has 0 saturated heterocycles. The molecule has 1 unspecified atom stereocenters. The lowest BCUT2D eigenvalue weighted by Gasteiger charge is -2.58. The van der Waals surface area contributed by atoms with Crippen molar-refractivity contribution in [2.24, 2.45) is 23.2 Å². The summed E-state index contributed by atoms with van der Waals surface area (Å²) in [7, 11) is 1.81. The third kappa shape index (κ3) is 2.38. The summed E-state index contributed by atoms with van der Waals surface area (Å²) in [5.74, 6) is 3.65. The minimum absolute atomic E-state index is 0.101. The Labute approximate surface area is 133 Å². The molecule has 0 heterocycles. The summed E-state index contributed by atoms with van der Waals surface area (Å²) in [5.41, 5.74) is 1.37. The predicted molar refractivity (Wildman–Crippen MR) is 88.6 cm³/mol. The molecule has 0 amide bonds. The lowest BCUT2D eigenvalue weighted by molar-refractivity contribution is -0.204. The lowest BCUT2D eigenvalue weighted by Crippen LogP contribution is -2.53. The van der Waals surface area contributed by atoms with Crippen LogP contribution in [0.3, 0.4) is 0 Å². The van der Waals surface area contributed by atoms with Gasteiger partial charge >= 0.3 is 0 Å². The third-order valence-corrected chi connectivity index (χ3v) is 6.16. The molecule has 22 heavy (non-hydrogen) atoms. The predicted octanol–water partition coefficient (Wildman–Crippen LogP) is 4.90. The zero-order chi connectivity index (χ0) is 15.2. The summed E-state index contributed by atoms with van der Waals surface area (Å²) in [6.45, 7) is 3.80. The fourth-order valence-electron chi connectivity index (χ4n) is 5.70. The Bertz CT molecular complexity index is 510. The van der Waals surface area contributed by atoms with Crippen molar-refractivity contribution in [3.8, 4) is 5.75 Å². The van der Waals surface area contributed by atoms with Gasteiger partial charge < -0.3 is 9.47 Å². The molecule has 4 bridgehead atoms. The molecule has 0 spiro atoms. The molecule has 1 aromatic rings. The van der Waals surface area contributed by atoms with Crippen molar-refractivity contribution >= 4 is 6.08 Å². The van der Waals surface area contributed by atoms with E-state index in [2.05, 4.69) is 18.7 Å². The first-order valence-electron chi connectivity index (χ1n) is 8.63. The van der Waals surface area contributed by atoms with Crippen LogP contribution in [0.2, 0.25) is 0 Å². The third-order valence-electron chi connectivity index (χ3n) is 6.16. The van der Waals surface area contributed by atoms with E-state index in [4.69, 9.17) is 9.47 Å². The van der Waals surface area contributed by atoms with Crippen molar-refractivity contribution < 1.29 is 9.47 Å². The van der Waals surface area contributed by atoms with Gasteiger partial charge in [0.25, 0.3) is 0 Å². The number of rotatable bonds is 5. The van der Waals surface area contributed by atoms with Gasteiger partial charge in [0.15, 0.2) is 0 Å². The molecule has 1 aromatic carbocycles. The Morgan fingerprint density at radius 1 is 1.05 bits per heavy atom. The van der Waals surface area contributed by atoms with Crippen LogP contribution in [-0.4, -0.2) is 13.4 Å². The Kier molecular flexibility index (Phi) is 3.53. The summed E-state index contributed by atoms with van der Waals surface area (Å²) < 4.78 is 12.1. The van der Waals surface area contributed by atoms with Crippen molar-refractivity contribution in [3.05, 3.63) is 36.4 Å². The fraction of sp³-hybridized carbons (Fsp3) is 0.600. The molecule has 2 heteroatoms. The van der Waals surface area contributed by atoms with Crippen LogP contribution in [0.4, 0.5) is 0 Å². The molecule has 1 atom stereocenters. The first kappa shape index (κ1) is 14.3. The van der Waals surface area contributed by atoms with Crippen LogP contribution in [0.5, 0.6) is 5.75 Å². The Morgan fingerprint density at radius 3 is 2.05 bits per heavy atom. The molecule has 4 aliphatic rings. The van der Waals surface area contributed by atoms with Crippen molar-refractivity contribution in [2.45, 2.75) is 44.8 Å². The fourth-order valence-corrected chi connectivity index (χ4v) is 5.70. The average Bonchev–Trinajstić information content (AvgIpc) is 2.51. The standard InChI is InChI=1S/C20H26O2/c1-3-14-4-6-18(7-5-14)22-19(21-2)20-11-15-8-16(12-20)10-17(9-15)13-20/h3-7,15-17,19H,1,8-13H2,2H3. The van der Waals surface area contributed by atoms with Gasteiger partial charge in [-0.1, -0.05) is 24.8 Å². The maximum atomic E-state index is 6.29. The topological polar surface area (TPSA) is 18.5 Å². The molecule has 0 N–H and O–H groups in total. The number of methoxy groups -OCH3 is 1. The molecule has 2 nitrogen and oxygen atoms in total. The van der Waals surface area contributed by atoms with E-state index in [1.165, 1.54) is 38.5 Å². The molecule has 5 rings (SSSR count). The van der Waals surface area contributed by atoms with E-state index in [1.807, 2.05) is 18.2 Å². The van der Waals surface area contributed by atoms with E-state index in [9.17, 15) is 0 Å². The van der Waals surface area contributed by atoms with Gasteiger partial charge in [0, 0.05) is 12.5 Å². The average molecular weight is 298 g/mol. The van der Waals surface area contributed by atoms with Crippen LogP contribution < -0.4 is 4.74 Å². The van der Waals surface area contributed by atoms with Gasteiger partial charge in [-0.15, -0.1) is 0 Å². The first-order chi connectivity index (χ1) is 10.7. The highest BCUT2D eigenvalue weighted by Gasteiger charge is 2.55. The van der Waals surface area contributed by atoms with E-state index in [0.717, 1.165) is 29.1 Å². The largest absolute Gasteiger partial charge is 0.464 e. The van der Waals surface area contributed by atoms with Gasteiger partial charge in [-0.05, 0) is 74.0 Å². The monoisotopic (exact) mass is 298 g/mol. The van der Waals surface area contributed by atoms with Crippen LogP contribution in [0.15, 0.2) is 30.8 Å². The second-order valence-electron chi connectivity index (χ2n) is 7.74. The molecule has 0 radical (unpaired) electrons. The molecular weight excluding hydrogens is 272 g/mol. The highest BCUT2D eigenvalue weighted by atomic mass is 16.7. The first-order valence-corrected chi connectivity index (χ1v) is 8.63. The second-order valence-corrected chi connectivity index (χ2v) is 7.74. The molecule has 0 aliphatic heterocycles. The molecule has 4 aliphatic carbocycles. The van der Waals surface area contributed by atoms with Gasteiger partial charge in [0.2, 0.25) is 6.29 Å². The summed E-state index contributed by atoms with van der Waals surface area (Å²) in [4.78, 5) is 0. The van der Waals surface area contributed by atoms with Gasteiger partial charge in [-0.3, -0.25) is 0 Å². The summed E-state index contributed by atoms with van der Waals surface area (Å²) in [5, 5.41) is 0. The summed E-state index contributed by atoms with van der Waals surface area (Å²) in [6.07, 6.45) is 9.98. The van der Waals surface area contributed by atoms with Gasteiger partial charge in [0.1, 0.15) is 5.75 Å².